The molecule has 0 aromatic carbocycles. The van der Waals surface area contributed by atoms with Crippen LogP contribution in [0.2, 0.25) is 0 Å². The van der Waals surface area contributed by atoms with Crippen molar-refractivity contribution >= 4 is 6.03 Å². The number of piperazine rings is 1. The Morgan fingerprint density at radius 3 is 2.60 bits per heavy atom. The third-order valence-corrected chi connectivity index (χ3v) is 6.22. The van der Waals surface area contributed by atoms with Crippen LogP contribution >= 0.6 is 0 Å². The summed E-state index contributed by atoms with van der Waals surface area (Å²) >= 11 is 0. The quantitative estimate of drug-likeness (QED) is 0.899. The lowest BCUT2D eigenvalue weighted by molar-refractivity contribution is -0.0103. The lowest BCUT2D eigenvalue weighted by Gasteiger charge is -2.50. The van der Waals surface area contributed by atoms with Crippen LogP contribution in [0.4, 0.5) is 4.79 Å². The second kappa shape index (κ2) is 7.30. The maximum Gasteiger partial charge on any atom is 0.317 e. The Balaban J connectivity index is 1.26. The van der Waals surface area contributed by atoms with E-state index < -0.39 is 0 Å². The number of hydrogen-bond acceptors (Lipinski definition) is 4. The number of rotatable bonds is 3. The van der Waals surface area contributed by atoms with Crippen molar-refractivity contribution in [2.75, 3.05) is 45.8 Å². The van der Waals surface area contributed by atoms with Gasteiger partial charge in [0, 0.05) is 45.0 Å². The molecule has 2 amide bonds. The molecule has 4 saturated heterocycles. The van der Waals surface area contributed by atoms with Crippen LogP contribution in [0.25, 0.3) is 0 Å². The molecule has 0 aliphatic carbocycles. The topological polar surface area (TPSA) is 51.7 Å². The zero-order chi connectivity index (χ0) is 17.2. The zero-order valence-electron chi connectivity index (χ0n) is 15.2. The van der Waals surface area contributed by atoms with E-state index in [2.05, 4.69) is 20.1 Å². The highest BCUT2D eigenvalue weighted by molar-refractivity contribution is 5.74. The Kier molecular flexibility index (Phi) is 4.90. The maximum atomic E-state index is 12.5. The van der Waals surface area contributed by atoms with Crippen LogP contribution in [-0.2, 0) is 6.54 Å². The Hall–Kier alpha value is -1.66. The highest BCUT2D eigenvalue weighted by Gasteiger charge is 2.38. The number of carbonyl (C=O) groups excluding carboxylic acids is 1. The van der Waals surface area contributed by atoms with E-state index >= 15 is 0 Å². The first-order valence-corrected chi connectivity index (χ1v) is 9.60. The van der Waals surface area contributed by atoms with Crippen molar-refractivity contribution in [3.05, 3.63) is 29.6 Å². The molecule has 4 fully saturated rings. The average Bonchev–Trinajstić information content (AvgIpc) is 2.68. The van der Waals surface area contributed by atoms with Gasteiger partial charge in [0.1, 0.15) is 0 Å². The van der Waals surface area contributed by atoms with E-state index in [-0.39, 0.29) is 6.03 Å². The minimum atomic E-state index is 0.0404. The number of hydrogen-bond donors (Lipinski definition) is 1. The summed E-state index contributed by atoms with van der Waals surface area (Å²) in [5.41, 5.74) is 2.07. The van der Waals surface area contributed by atoms with E-state index in [0.29, 0.717) is 12.6 Å². The minimum Gasteiger partial charge on any atom is -0.332 e. The summed E-state index contributed by atoms with van der Waals surface area (Å²) in [4.78, 5) is 24.0. The zero-order valence-corrected chi connectivity index (χ0v) is 15.2. The minimum absolute atomic E-state index is 0.0404. The van der Waals surface area contributed by atoms with Crippen LogP contribution in [0.15, 0.2) is 18.3 Å². The molecular weight excluding hydrogens is 314 g/mol. The fourth-order valence-corrected chi connectivity index (χ4v) is 4.58. The predicted octanol–water partition coefficient (Wildman–Crippen LogP) is 1.31. The van der Waals surface area contributed by atoms with Gasteiger partial charge < -0.3 is 15.1 Å². The highest BCUT2D eigenvalue weighted by atomic mass is 16.2. The fourth-order valence-electron chi connectivity index (χ4n) is 4.58. The van der Waals surface area contributed by atoms with Gasteiger partial charge in [-0.3, -0.25) is 9.88 Å². The van der Waals surface area contributed by atoms with Crippen LogP contribution in [0.1, 0.15) is 24.1 Å². The van der Waals surface area contributed by atoms with Crippen molar-refractivity contribution in [3.63, 3.8) is 0 Å². The van der Waals surface area contributed by atoms with Crippen LogP contribution < -0.4 is 5.32 Å². The number of carbonyl (C=O) groups is 1. The van der Waals surface area contributed by atoms with Gasteiger partial charge in [0.15, 0.2) is 0 Å². The molecule has 6 nitrogen and oxygen atoms in total. The van der Waals surface area contributed by atoms with E-state index in [1.165, 1.54) is 32.5 Å². The number of nitrogens with zero attached hydrogens (tertiary/aromatic N) is 4. The lowest BCUT2D eigenvalue weighted by atomic mass is 9.83. The van der Waals surface area contributed by atoms with Gasteiger partial charge in [0.05, 0.1) is 12.2 Å². The number of nitrogens with one attached hydrogen (secondary N) is 1. The fraction of sp³-hybridized carbons (Fsp3) is 0.684. The van der Waals surface area contributed by atoms with Gasteiger partial charge in [-0.25, -0.2) is 4.79 Å². The summed E-state index contributed by atoms with van der Waals surface area (Å²) in [6.45, 7) is 10.0. The molecule has 0 saturated carbocycles. The number of amides is 2. The molecular formula is C19H29N5O. The van der Waals surface area contributed by atoms with Crippen LogP contribution in [0.3, 0.4) is 0 Å². The Bertz CT molecular complexity index is 606. The van der Waals surface area contributed by atoms with Gasteiger partial charge in [-0.15, -0.1) is 0 Å². The predicted molar refractivity (Wildman–Crippen MR) is 97.3 cm³/mol. The summed E-state index contributed by atoms with van der Waals surface area (Å²) in [5, 5.41) is 3.03. The Labute approximate surface area is 150 Å². The van der Waals surface area contributed by atoms with Crippen molar-refractivity contribution in [1.82, 2.24) is 25.0 Å². The highest BCUT2D eigenvalue weighted by Crippen LogP contribution is 2.31. The monoisotopic (exact) mass is 343 g/mol. The molecule has 0 radical (unpaired) electrons. The summed E-state index contributed by atoms with van der Waals surface area (Å²) in [5.74, 6) is 0.873. The summed E-state index contributed by atoms with van der Waals surface area (Å²) in [7, 11) is 0. The maximum absolute atomic E-state index is 12.5. The number of aromatic nitrogens is 1. The molecule has 1 N–H and O–H groups in total. The van der Waals surface area contributed by atoms with Crippen molar-refractivity contribution in [2.45, 2.75) is 32.4 Å². The third kappa shape index (κ3) is 3.65. The molecule has 5 heterocycles. The van der Waals surface area contributed by atoms with Crippen LogP contribution in [0, 0.1) is 12.8 Å². The van der Waals surface area contributed by atoms with Gasteiger partial charge in [-0.05, 0) is 50.4 Å². The van der Waals surface area contributed by atoms with E-state index in [9.17, 15) is 4.79 Å². The average molecular weight is 343 g/mol. The summed E-state index contributed by atoms with van der Waals surface area (Å²) < 4.78 is 0. The van der Waals surface area contributed by atoms with Gasteiger partial charge in [-0.1, -0.05) is 6.07 Å². The van der Waals surface area contributed by atoms with E-state index in [1.807, 2.05) is 24.0 Å². The van der Waals surface area contributed by atoms with E-state index in [0.717, 1.165) is 43.4 Å². The molecule has 1 aromatic heterocycles. The smallest absolute Gasteiger partial charge is 0.317 e. The number of piperidine rings is 3. The van der Waals surface area contributed by atoms with Crippen molar-refractivity contribution in [3.8, 4) is 0 Å². The molecule has 0 unspecified atom stereocenters. The molecule has 6 heteroatoms. The number of aryl methyl sites for hydroxylation is 1. The molecule has 4 aliphatic heterocycles. The first kappa shape index (κ1) is 16.8. The SMILES string of the molecule is Cc1cccnc1CNC(=O)N1CCN([C@@H]2CN3CCC2CC3)CC1. The number of urea groups is 1. The van der Waals surface area contributed by atoms with Crippen LogP contribution in [0.5, 0.6) is 0 Å². The van der Waals surface area contributed by atoms with E-state index in [1.54, 1.807) is 6.20 Å². The first-order valence-electron chi connectivity index (χ1n) is 9.60. The molecule has 5 rings (SSSR count). The lowest BCUT2D eigenvalue weighted by Crippen LogP contribution is -2.62. The van der Waals surface area contributed by atoms with Crippen molar-refractivity contribution in [2.24, 2.45) is 5.92 Å². The van der Waals surface area contributed by atoms with Crippen molar-refractivity contribution in [1.29, 1.82) is 0 Å². The number of pyridine rings is 1. The normalized spacial score (nSPS) is 29.6. The Morgan fingerprint density at radius 1 is 1.20 bits per heavy atom. The molecule has 1 aromatic rings. The summed E-state index contributed by atoms with van der Waals surface area (Å²) in [6.07, 6.45) is 4.49. The largest absolute Gasteiger partial charge is 0.332 e. The van der Waals surface area contributed by atoms with Gasteiger partial charge in [-0.2, -0.15) is 0 Å². The van der Waals surface area contributed by atoms with E-state index in [4.69, 9.17) is 0 Å². The van der Waals surface area contributed by atoms with Gasteiger partial charge in [0.25, 0.3) is 0 Å². The molecule has 2 bridgehead atoms. The third-order valence-electron chi connectivity index (χ3n) is 6.22. The Morgan fingerprint density at radius 2 is 1.96 bits per heavy atom. The molecule has 136 valence electrons. The van der Waals surface area contributed by atoms with Crippen molar-refractivity contribution < 1.29 is 4.79 Å². The molecule has 0 spiro atoms. The van der Waals surface area contributed by atoms with Gasteiger partial charge in [0.2, 0.25) is 0 Å². The molecule has 1 atom stereocenters. The second-order valence-corrected chi connectivity index (χ2v) is 7.65. The molecule has 25 heavy (non-hydrogen) atoms. The van der Waals surface area contributed by atoms with Gasteiger partial charge >= 0.3 is 6.03 Å². The molecule has 4 aliphatic rings. The standard InChI is InChI=1S/C19H29N5O/c1-15-3-2-6-20-17(15)13-21-19(25)24-11-9-23(10-12-24)18-14-22-7-4-16(18)5-8-22/h2-3,6,16,18H,4-5,7-14H2,1H3,(H,21,25)/t18-/m1/s1. The first-order chi connectivity index (χ1) is 12.2. The van der Waals surface area contributed by atoms with Crippen LogP contribution in [-0.4, -0.2) is 77.6 Å². The second-order valence-electron chi connectivity index (χ2n) is 7.65. The summed E-state index contributed by atoms with van der Waals surface area (Å²) in [6, 6.07) is 4.71. The number of fused-ring (bicyclic) bond motifs is 3.